The number of thioether (sulfide) groups is 1. The van der Waals surface area contributed by atoms with E-state index in [1.165, 1.54) is 23.9 Å². The fourth-order valence-corrected chi connectivity index (χ4v) is 3.86. The van der Waals surface area contributed by atoms with E-state index in [2.05, 4.69) is 26.2 Å². The van der Waals surface area contributed by atoms with Gasteiger partial charge in [0.05, 0.1) is 23.2 Å². The first-order chi connectivity index (χ1) is 14.2. The Labute approximate surface area is 178 Å². The molecule has 9 nitrogen and oxygen atoms in total. The Morgan fingerprint density at radius 2 is 1.97 bits per heavy atom. The third-order valence-electron chi connectivity index (χ3n) is 4.36. The number of benzene rings is 1. The van der Waals surface area contributed by atoms with Crippen LogP contribution in [-0.4, -0.2) is 43.6 Å². The Bertz CT molecular complexity index is 908. The molecule has 1 heterocycles. The molecule has 0 atom stereocenters. The van der Waals surface area contributed by atoms with Crippen LogP contribution in [0.5, 0.6) is 0 Å². The standard InChI is InChI=1S/C19H25FN6O3S/c1-19(2,3)29-18(28)22-14-9-8-12(20)10-15(14)21-16(27)11-30-17-23-24-25-26(17)13-6-4-5-7-13/h8-10,13H,4-7,11H2,1-3H3,(H,21,27)(H,22,28). The predicted molar refractivity (Wildman–Crippen MR) is 111 cm³/mol. The Morgan fingerprint density at radius 3 is 2.67 bits per heavy atom. The van der Waals surface area contributed by atoms with Crippen LogP contribution in [0.1, 0.15) is 52.5 Å². The van der Waals surface area contributed by atoms with Gasteiger partial charge in [0.15, 0.2) is 0 Å². The van der Waals surface area contributed by atoms with Crippen LogP contribution in [0.4, 0.5) is 20.6 Å². The molecule has 3 rings (SSSR count). The van der Waals surface area contributed by atoms with Crippen molar-refractivity contribution in [3.8, 4) is 0 Å². The van der Waals surface area contributed by atoms with Crippen molar-refractivity contribution in [3.63, 3.8) is 0 Å². The minimum Gasteiger partial charge on any atom is -0.444 e. The van der Waals surface area contributed by atoms with Gasteiger partial charge in [-0.25, -0.2) is 13.9 Å². The summed E-state index contributed by atoms with van der Waals surface area (Å²) in [6, 6.07) is 3.95. The molecule has 1 saturated carbocycles. The summed E-state index contributed by atoms with van der Waals surface area (Å²) < 4.78 is 20.7. The molecule has 1 fully saturated rings. The van der Waals surface area contributed by atoms with Gasteiger partial charge in [-0.1, -0.05) is 24.6 Å². The van der Waals surface area contributed by atoms with Gasteiger partial charge in [-0.3, -0.25) is 10.1 Å². The smallest absolute Gasteiger partial charge is 0.412 e. The molecule has 2 aromatic rings. The van der Waals surface area contributed by atoms with Crippen molar-refractivity contribution in [2.24, 2.45) is 0 Å². The first-order valence-electron chi connectivity index (χ1n) is 9.71. The number of nitrogens with one attached hydrogen (secondary N) is 2. The molecule has 0 aliphatic heterocycles. The second-order valence-electron chi connectivity index (χ2n) is 8.00. The summed E-state index contributed by atoms with van der Waals surface area (Å²) in [5.74, 6) is -0.883. The Balaban J connectivity index is 1.62. The summed E-state index contributed by atoms with van der Waals surface area (Å²) in [4.78, 5) is 24.5. The van der Waals surface area contributed by atoms with E-state index in [0.29, 0.717) is 5.16 Å². The lowest BCUT2D eigenvalue weighted by Crippen LogP contribution is -2.27. The molecule has 0 saturated heterocycles. The van der Waals surface area contributed by atoms with Crippen LogP contribution >= 0.6 is 11.8 Å². The van der Waals surface area contributed by atoms with E-state index in [1.807, 2.05) is 0 Å². The molecule has 0 spiro atoms. The lowest BCUT2D eigenvalue weighted by atomic mass is 10.2. The fraction of sp³-hybridized carbons (Fsp3) is 0.526. The molecule has 162 valence electrons. The first kappa shape index (κ1) is 22.0. The van der Waals surface area contributed by atoms with E-state index in [4.69, 9.17) is 4.74 Å². The molecule has 2 amide bonds. The lowest BCUT2D eigenvalue weighted by Gasteiger charge is -2.20. The van der Waals surface area contributed by atoms with Crippen LogP contribution in [0.25, 0.3) is 0 Å². The maximum absolute atomic E-state index is 13.7. The summed E-state index contributed by atoms with van der Waals surface area (Å²) in [7, 11) is 0. The van der Waals surface area contributed by atoms with Crippen molar-refractivity contribution >= 4 is 35.1 Å². The largest absolute Gasteiger partial charge is 0.444 e. The summed E-state index contributed by atoms with van der Waals surface area (Å²) in [6.07, 6.45) is 3.63. The van der Waals surface area contributed by atoms with Crippen LogP contribution in [0, 0.1) is 5.82 Å². The van der Waals surface area contributed by atoms with Gasteiger partial charge in [0.1, 0.15) is 11.4 Å². The quantitative estimate of drug-likeness (QED) is 0.658. The van der Waals surface area contributed by atoms with Crippen molar-refractivity contribution in [1.29, 1.82) is 0 Å². The molecule has 1 aromatic carbocycles. The second kappa shape index (κ2) is 9.41. The van der Waals surface area contributed by atoms with Crippen molar-refractivity contribution in [2.45, 2.75) is 63.3 Å². The highest BCUT2D eigenvalue weighted by molar-refractivity contribution is 7.99. The third kappa shape index (κ3) is 6.15. The zero-order valence-electron chi connectivity index (χ0n) is 17.1. The zero-order valence-corrected chi connectivity index (χ0v) is 18.0. The van der Waals surface area contributed by atoms with Crippen LogP contribution < -0.4 is 10.6 Å². The van der Waals surface area contributed by atoms with Crippen LogP contribution in [0.3, 0.4) is 0 Å². The van der Waals surface area contributed by atoms with E-state index >= 15 is 0 Å². The van der Waals surface area contributed by atoms with E-state index in [0.717, 1.165) is 31.7 Å². The monoisotopic (exact) mass is 436 g/mol. The van der Waals surface area contributed by atoms with Gasteiger partial charge in [-0.05, 0) is 62.2 Å². The average molecular weight is 437 g/mol. The summed E-state index contributed by atoms with van der Waals surface area (Å²) in [5.41, 5.74) is -0.311. The van der Waals surface area contributed by atoms with Crippen molar-refractivity contribution in [3.05, 3.63) is 24.0 Å². The topological polar surface area (TPSA) is 111 Å². The van der Waals surface area contributed by atoms with Gasteiger partial charge in [-0.15, -0.1) is 5.10 Å². The number of amides is 2. The number of ether oxygens (including phenoxy) is 1. The van der Waals surface area contributed by atoms with Gasteiger partial charge >= 0.3 is 6.09 Å². The van der Waals surface area contributed by atoms with Crippen molar-refractivity contribution < 1.29 is 18.7 Å². The third-order valence-corrected chi connectivity index (χ3v) is 5.29. The molecule has 2 N–H and O–H groups in total. The number of nitrogens with zero attached hydrogens (tertiary/aromatic N) is 4. The van der Waals surface area contributed by atoms with Gasteiger partial charge in [0, 0.05) is 0 Å². The fourth-order valence-electron chi connectivity index (χ4n) is 3.12. The molecule has 0 radical (unpaired) electrons. The maximum atomic E-state index is 13.7. The van der Waals surface area contributed by atoms with Gasteiger partial charge < -0.3 is 10.1 Å². The molecule has 1 aromatic heterocycles. The number of halogens is 1. The molecular weight excluding hydrogens is 411 g/mol. The minimum absolute atomic E-state index is 0.0372. The highest BCUT2D eigenvalue weighted by atomic mass is 32.2. The van der Waals surface area contributed by atoms with E-state index in [1.54, 1.807) is 25.5 Å². The van der Waals surface area contributed by atoms with Crippen molar-refractivity contribution in [1.82, 2.24) is 20.2 Å². The minimum atomic E-state index is -0.699. The maximum Gasteiger partial charge on any atom is 0.412 e. The molecular formula is C19H25FN6O3S. The number of tetrazole rings is 1. The van der Waals surface area contributed by atoms with E-state index < -0.39 is 17.5 Å². The average Bonchev–Trinajstić information content (AvgIpc) is 3.31. The summed E-state index contributed by atoms with van der Waals surface area (Å²) >= 11 is 1.21. The normalized spacial score (nSPS) is 14.5. The van der Waals surface area contributed by atoms with Gasteiger partial charge in [0.25, 0.3) is 0 Å². The molecule has 11 heteroatoms. The highest BCUT2D eigenvalue weighted by Crippen LogP contribution is 2.31. The number of carbonyl (C=O) groups excluding carboxylic acids is 2. The Morgan fingerprint density at radius 1 is 1.23 bits per heavy atom. The number of aromatic nitrogens is 4. The number of hydrogen-bond donors (Lipinski definition) is 2. The number of rotatable bonds is 6. The van der Waals surface area contributed by atoms with Crippen LogP contribution in [0.15, 0.2) is 23.4 Å². The second-order valence-corrected chi connectivity index (χ2v) is 8.94. The Hall–Kier alpha value is -2.69. The number of carbonyl (C=O) groups is 2. The Kier molecular flexibility index (Phi) is 6.91. The molecule has 1 aliphatic rings. The highest BCUT2D eigenvalue weighted by Gasteiger charge is 2.22. The van der Waals surface area contributed by atoms with Gasteiger partial charge in [0.2, 0.25) is 11.1 Å². The molecule has 1 aliphatic carbocycles. The van der Waals surface area contributed by atoms with Crippen LogP contribution in [0.2, 0.25) is 0 Å². The molecule has 30 heavy (non-hydrogen) atoms. The summed E-state index contributed by atoms with van der Waals surface area (Å²) in [5, 5.41) is 17.5. The van der Waals surface area contributed by atoms with Gasteiger partial charge in [-0.2, -0.15) is 0 Å². The van der Waals surface area contributed by atoms with Crippen LogP contribution in [-0.2, 0) is 9.53 Å². The molecule has 0 unspecified atom stereocenters. The number of anilines is 2. The SMILES string of the molecule is CC(C)(C)OC(=O)Nc1ccc(F)cc1NC(=O)CSc1nnnn1C1CCCC1. The van der Waals surface area contributed by atoms with E-state index in [9.17, 15) is 14.0 Å². The number of hydrogen-bond acceptors (Lipinski definition) is 7. The van der Waals surface area contributed by atoms with Crippen molar-refractivity contribution in [2.75, 3.05) is 16.4 Å². The first-order valence-corrected chi connectivity index (χ1v) is 10.7. The van der Waals surface area contributed by atoms with E-state index in [-0.39, 0.29) is 29.1 Å². The lowest BCUT2D eigenvalue weighted by molar-refractivity contribution is -0.113. The summed E-state index contributed by atoms with van der Waals surface area (Å²) in [6.45, 7) is 5.20. The molecule has 0 bridgehead atoms. The zero-order chi connectivity index (χ0) is 21.7. The predicted octanol–water partition coefficient (Wildman–Crippen LogP) is 4.01.